The number of amides is 1. The van der Waals surface area contributed by atoms with E-state index >= 15 is 0 Å². The van der Waals surface area contributed by atoms with Crippen LogP contribution >= 0.6 is 0 Å². The maximum atomic E-state index is 14.5. The molecule has 7 nitrogen and oxygen atoms in total. The summed E-state index contributed by atoms with van der Waals surface area (Å²) in [7, 11) is 0. The van der Waals surface area contributed by atoms with Crippen molar-refractivity contribution in [2.75, 3.05) is 11.4 Å². The molecule has 0 N–H and O–H groups in total. The molecule has 7 aliphatic carbocycles. The zero-order valence-corrected chi connectivity index (χ0v) is 22.2. The Hall–Kier alpha value is -3.17. The number of oxazole rings is 1. The van der Waals surface area contributed by atoms with Crippen molar-refractivity contribution in [3.63, 3.8) is 0 Å². The van der Waals surface area contributed by atoms with Gasteiger partial charge in [0.25, 0.3) is 6.43 Å². The van der Waals surface area contributed by atoms with Crippen LogP contribution in [-0.2, 0) is 10.2 Å². The molecule has 0 atom stereocenters. The SMILES string of the molecule is O=C(N(CC12CCC(c3nc(C4CC4)no3)(CC1)CC2)c1cccc(-c2nc(C(F)F)co2)c1)C12CC(F)(C1)C2. The fourth-order valence-corrected chi connectivity index (χ4v) is 7.90. The van der Waals surface area contributed by atoms with E-state index in [1.165, 1.54) is 0 Å². The number of aromatic nitrogens is 3. The molecule has 40 heavy (non-hydrogen) atoms. The number of halogens is 3. The van der Waals surface area contributed by atoms with Gasteiger partial charge in [0, 0.05) is 29.1 Å². The van der Waals surface area contributed by atoms with Crippen molar-refractivity contribution >= 4 is 11.6 Å². The van der Waals surface area contributed by atoms with Crippen LogP contribution in [0.25, 0.3) is 11.5 Å². The Labute approximate surface area is 229 Å². The highest BCUT2D eigenvalue weighted by molar-refractivity contribution is 6.00. The van der Waals surface area contributed by atoms with Crippen LogP contribution in [0.4, 0.5) is 18.9 Å². The maximum absolute atomic E-state index is 14.5. The number of hydrogen-bond donors (Lipinski definition) is 0. The van der Waals surface area contributed by atoms with E-state index in [2.05, 4.69) is 10.1 Å². The summed E-state index contributed by atoms with van der Waals surface area (Å²) in [5, 5.41) is 4.27. The highest BCUT2D eigenvalue weighted by Crippen LogP contribution is 2.70. The lowest BCUT2D eigenvalue weighted by atomic mass is 9.41. The van der Waals surface area contributed by atoms with Gasteiger partial charge in [0.05, 0.1) is 5.41 Å². The quantitative estimate of drug-likeness (QED) is 0.298. The van der Waals surface area contributed by atoms with Crippen LogP contribution < -0.4 is 4.90 Å². The Morgan fingerprint density at radius 1 is 1.05 bits per heavy atom. The molecule has 7 aliphatic rings. The van der Waals surface area contributed by atoms with Crippen LogP contribution in [0, 0.1) is 10.8 Å². The van der Waals surface area contributed by atoms with E-state index in [-0.39, 0.29) is 41.9 Å². The van der Waals surface area contributed by atoms with Gasteiger partial charge >= 0.3 is 0 Å². The van der Waals surface area contributed by atoms with Gasteiger partial charge in [0.2, 0.25) is 17.7 Å². The first-order valence-corrected chi connectivity index (χ1v) is 14.4. The molecule has 1 aromatic carbocycles. The number of anilines is 1. The molecule has 10 heteroatoms. The largest absolute Gasteiger partial charge is 0.444 e. The first-order valence-electron chi connectivity index (χ1n) is 14.4. The van der Waals surface area contributed by atoms with Crippen molar-refractivity contribution in [3.05, 3.63) is 47.9 Å². The molecule has 4 bridgehead atoms. The summed E-state index contributed by atoms with van der Waals surface area (Å²) >= 11 is 0. The summed E-state index contributed by atoms with van der Waals surface area (Å²) in [5.41, 5.74) is -1.21. The molecule has 0 aliphatic heterocycles. The first-order chi connectivity index (χ1) is 19.2. The molecular weight excluding hydrogens is 521 g/mol. The van der Waals surface area contributed by atoms with Crippen molar-refractivity contribution in [2.24, 2.45) is 10.8 Å². The summed E-state index contributed by atoms with van der Waals surface area (Å²) in [6.45, 7) is 0.539. The van der Waals surface area contributed by atoms with Gasteiger partial charge < -0.3 is 13.8 Å². The third-order valence-corrected chi connectivity index (χ3v) is 10.5. The molecule has 7 fully saturated rings. The minimum absolute atomic E-state index is 0.0346. The van der Waals surface area contributed by atoms with Crippen LogP contribution in [-0.4, -0.2) is 33.2 Å². The molecular formula is C30H31F3N4O3. The van der Waals surface area contributed by atoms with Crippen LogP contribution in [0.1, 0.15) is 100 Å². The molecule has 1 amide bonds. The van der Waals surface area contributed by atoms with Crippen molar-refractivity contribution in [1.29, 1.82) is 0 Å². The number of carbonyl (C=O) groups excluding carboxylic acids is 1. The summed E-state index contributed by atoms with van der Waals surface area (Å²) in [4.78, 5) is 24.6. The minimum Gasteiger partial charge on any atom is -0.444 e. The molecule has 0 saturated heterocycles. The molecule has 3 aromatic rings. The van der Waals surface area contributed by atoms with Gasteiger partial charge in [-0.05, 0) is 94.2 Å². The third kappa shape index (κ3) is 3.70. The molecule has 210 valence electrons. The standard InChI is InChI=1S/C30H31F3N4O3/c31-22(32)21-13-39-24(34-21)19-2-1-3-20(12-19)37(26(38)29-14-30(33,15-29)16-29)17-27-6-9-28(10-7-27,11-8-27)25-35-23(36-40-25)18-4-5-18/h1-3,12-13,18,22H,4-11,14-17H2. The van der Waals surface area contributed by atoms with Gasteiger partial charge in [-0.15, -0.1) is 0 Å². The summed E-state index contributed by atoms with van der Waals surface area (Å²) in [5.74, 6) is 2.13. The molecule has 10 rings (SSSR count). The highest BCUT2D eigenvalue weighted by atomic mass is 19.3. The van der Waals surface area contributed by atoms with E-state index in [4.69, 9.17) is 13.9 Å². The van der Waals surface area contributed by atoms with E-state index in [0.29, 0.717) is 23.7 Å². The van der Waals surface area contributed by atoms with Gasteiger partial charge in [0.1, 0.15) is 17.6 Å². The van der Waals surface area contributed by atoms with Gasteiger partial charge in [-0.3, -0.25) is 4.79 Å². The molecule has 0 radical (unpaired) electrons. The predicted octanol–water partition coefficient (Wildman–Crippen LogP) is 7.06. The van der Waals surface area contributed by atoms with E-state index in [1.807, 2.05) is 11.0 Å². The average molecular weight is 553 g/mol. The highest BCUT2D eigenvalue weighted by Gasteiger charge is 2.73. The average Bonchev–Trinajstić information content (AvgIpc) is 3.44. The Balaban J connectivity index is 1.07. The maximum Gasteiger partial charge on any atom is 0.283 e. The minimum atomic E-state index is -2.73. The summed E-state index contributed by atoms with van der Waals surface area (Å²) < 4.78 is 51.8. The van der Waals surface area contributed by atoms with Crippen molar-refractivity contribution in [2.45, 2.75) is 94.1 Å². The Bertz CT molecular complexity index is 1450. The lowest BCUT2D eigenvalue weighted by Crippen LogP contribution is -2.71. The number of benzene rings is 1. The second-order valence-corrected chi connectivity index (χ2v) is 13.3. The van der Waals surface area contributed by atoms with Gasteiger partial charge in [-0.1, -0.05) is 11.2 Å². The Morgan fingerprint density at radius 3 is 2.40 bits per heavy atom. The van der Waals surface area contributed by atoms with E-state index in [1.54, 1.807) is 18.2 Å². The zero-order valence-electron chi connectivity index (χ0n) is 22.2. The summed E-state index contributed by atoms with van der Waals surface area (Å²) in [6, 6.07) is 7.16. The fraction of sp³-hybridized carbons (Fsp3) is 0.600. The normalized spacial score (nSPS) is 34.0. The van der Waals surface area contributed by atoms with Crippen LogP contribution in [0.15, 0.2) is 39.5 Å². The predicted molar refractivity (Wildman–Crippen MR) is 137 cm³/mol. The number of nitrogens with zero attached hydrogens (tertiary/aromatic N) is 4. The number of hydrogen-bond acceptors (Lipinski definition) is 6. The monoisotopic (exact) mass is 552 g/mol. The molecule has 2 aromatic heterocycles. The van der Waals surface area contributed by atoms with Crippen molar-refractivity contribution in [1.82, 2.24) is 15.1 Å². The van der Waals surface area contributed by atoms with Crippen LogP contribution in [0.5, 0.6) is 0 Å². The topological polar surface area (TPSA) is 85.3 Å². The fourth-order valence-electron chi connectivity index (χ4n) is 7.90. The second-order valence-electron chi connectivity index (χ2n) is 13.3. The molecule has 0 unspecified atom stereocenters. The number of rotatable bonds is 8. The van der Waals surface area contributed by atoms with Gasteiger partial charge in [-0.2, -0.15) is 4.98 Å². The molecule has 7 saturated carbocycles. The first kappa shape index (κ1) is 24.6. The summed E-state index contributed by atoms with van der Waals surface area (Å²) in [6.07, 6.45) is 6.97. The number of fused-ring (bicyclic) bond motifs is 3. The number of carbonyl (C=O) groups is 1. The van der Waals surface area contributed by atoms with Gasteiger partial charge in [-0.25, -0.2) is 18.2 Å². The Kier molecular flexibility index (Phi) is 5.04. The zero-order chi connectivity index (χ0) is 27.3. The second kappa shape index (κ2) is 8.19. The number of alkyl halides is 3. The molecule has 2 heterocycles. The Morgan fingerprint density at radius 2 is 1.77 bits per heavy atom. The lowest BCUT2D eigenvalue weighted by molar-refractivity contribution is -0.211. The lowest BCUT2D eigenvalue weighted by Gasteiger charge is -2.65. The van der Waals surface area contributed by atoms with Crippen molar-refractivity contribution in [3.8, 4) is 11.5 Å². The van der Waals surface area contributed by atoms with E-state index in [9.17, 15) is 18.0 Å². The van der Waals surface area contributed by atoms with Crippen LogP contribution in [0.2, 0.25) is 0 Å². The van der Waals surface area contributed by atoms with E-state index in [0.717, 1.165) is 69.3 Å². The van der Waals surface area contributed by atoms with Crippen LogP contribution in [0.3, 0.4) is 0 Å². The molecule has 0 spiro atoms. The van der Waals surface area contributed by atoms with E-state index < -0.39 is 23.2 Å². The van der Waals surface area contributed by atoms with Gasteiger partial charge in [0.15, 0.2) is 5.82 Å². The smallest absolute Gasteiger partial charge is 0.283 e. The third-order valence-electron chi connectivity index (χ3n) is 10.5. The van der Waals surface area contributed by atoms with Crippen molar-refractivity contribution < 1.29 is 26.9 Å².